The summed E-state index contributed by atoms with van der Waals surface area (Å²) in [7, 11) is 1.51. The highest BCUT2D eigenvalue weighted by atomic mass is 19.4. The topological polar surface area (TPSA) is 15.3 Å². The Bertz CT molecular complexity index is 202. The lowest BCUT2D eigenvalue weighted by atomic mass is 9.85. The van der Waals surface area contributed by atoms with E-state index in [1.807, 2.05) is 27.7 Å². The van der Waals surface area contributed by atoms with Crippen molar-refractivity contribution >= 4 is 0 Å². The van der Waals surface area contributed by atoms with Crippen molar-refractivity contribution in [3.63, 3.8) is 0 Å². The average molecular weight is 240 g/mol. The van der Waals surface area contributed by atoms with E-state index in [1.54, 1.807) is 0 Å². The second-order valence-electron chi connectivity index (χ2n) is 5.06. The van der Waals surface area contributed by atoms with Crippen LogP contribution in [0.4, 0.5) is 13.2 Å². The molecule has 0 aromatic heterocycles. The van der Waals surface area contributed by atoms with Crippen LogP contribution in [0.2, 0.25) is 0 Å². The van der Waals surface area contributed by atoms with Gasteiger partial charge in [0.25, 0.3) is 0 Å². The molecule has 0 amide bonds. The maximum absolute atomic E-state index is 12.2. The molecule has 0 bridgehead atoms. The molecule has 98 valence electrons. The lowest BCUT2D eigenvalue weighted by molar-refractivity contribution is -0.145. The fourth-order valence-electron chi connectivity index (χ4n) is 1.78. The van der Waals surface area contributed by atoms with Crippen molar-refractivity contribution in [2.75, 3.05) is 26.7 Å². The van der Waals surface area contributed by atoms with Gasteiger partial charge in [0.05, 0.1) is 6.54 Å². The largest absolute Gasteiger partial charge is 0.401 e. The first-order valence-corrected chi connectivity index (χ1v) is 5.57. The Hall–Kier alpha value is -0.290. The van der Waals surface area contributed by atoms with Crippen LogP contribution in [0.25, 0.3) is 0 Å². The quantitative estimate of drug-likeness (QED) is 0.767. The van der Waals surface area contributed by atoms with Gasteiger partial charge in [0.1, 0.15) is 0 Å². The smallest absolute Gasteiger partial charge is 0.314 e. The summed E-state index contributed by atoms with van der Waals surface area (Å²) in [5, 5.41) is 3.25. The summed E-state index contributed by atoms with van der Waals surface area (Å²) < 4.78 is 36.5. The monoisotopic (exact) mass is 240 g/mol. The van der Waals surface area contributed by atoms with Crippen molar-refractivity contribution < 1.29 is 13.2 Å². The standard InChI is InChI=1S/C11H23F3N2/c1-6-15-9(2)10(3,4)7-16(5)8-11(12,13)14/h9,15H,6-8H2,1-5H3. The molecule has 0 radical (unpaired) electrons. The average Bonchev–Trinajstić information content (AvgIpc) is 1.99. The maximum atomic E-state index is 12.2. The van der Waals surface area contributed by atoms with E-state index in [0.29, 0.717) is 6.54 Å². The molecule has 0 spiro atoms. The van der Waals surface area contributed by atoms with Gasteiger partial charge in [0.2, 0.25) is 0 Å². The number of hydrogen-bond donors (Lipinski definition) is 1. The first kappa shape index (κ1) is 15.7. The molecule has 0 aliphatic carbocycles. The van der Waals surface area contributed by atoms with Crippen LogP contribution in [0.3, 0.4) is 0 Å². The summed E-state index contributed by atoms with van der Waals surface area (Å²) >= 11 is 0. The Morgan fingerprint density at radius 2 is 1.69 bits per heavy atom. The molecule has 1 atom stereocenters. The van der Waals surface area contributed by atoms with Crippen molar-refractivity contribution in [3.05, 3.63) is 0 Å². The van der Waals surface area contributed by atoms with Crippen LogP contribution >= 0.6 is 0 Å². The van der Waals surface area contributed by atoms with Gasteiger partial charge >= 0.3 is 6.18 Å². The lowest BCUT2D eigenvalue weighted by Gasteiger charge is -2.36. The van der Waals surface area contributed by atoms with E-state index in [1.165, 1.54) is 11.9 Å². The SMILES string of the molecule is CCNC(C)C(C)(C)CN(C)CC(F)(F)F. The van der Waals surface area contributed by atoms with Gasteiger partial charge in [-0.15, -0.1) is 0 Å². The molecule has 0 fully saturated rings. The van der Waals surface area contributed by atoms with Gasteiger partial charge in [-0.25, -0.2) is 0 Å². The number of halogens is 3. The summed E-state index contributed by atoms with van der Waals surface area (Å²) in [4.78, 5) is 1.33. The number of alkyl halides is 3. The number of nitrogens with zero attached hydrogens (tertiary/aromatic N) is 1. The summed E-state index contributed by atoms with van der Waals surface area (Å²) in [5.74, 6) is 0. The minimum absolute atomic E-state index is 0.185. The molecule has 0 aliphatic rings. The van der Waals surface area contributed by atoms with Crippen molar-refractivity contribution in [2.45, 2.75) is 39.9 Å². The molecule has 1 N–H and O–H groups in total. The minimum atomic E-state index is -4.12. The van der Waals surface area contributed by atoms with Gasteiger partial charge in [-0.2, -0.15) is 13.2 Å². The third-order valence-corrected chi connectivity index (χ3v) is 2.81. The lowest BCUT2D eigenvalue weighted by Crippen LogP contribution is -2.47. The Morgan fingerprint density at radius 1 is 1.19 bits per heavy atom. The molecule has 0 aromatic rings. The first-order chi connectivity index (χ1) is 7.08. The third-order valence-electron chi connectivity index (χ3n) is 2.81. The minimum Gasteiger partial charge on any atom is -0.314 e. The fraction of sp³-hybridized carbons (Fsp3) is 1.00. The van der Waals surface area contributed by atoms with E-state index in [9.17, 15) is 13.2 Å². The molecule has 0 aromatic carbocycles. The van der Waals surface area contributed by atoms with Crippen molar-refractivity contribution in [2.24, 2.45) is 5.41 Å². The van der Waals surface area contributed by atoms with Gasteiger partial charge in [-0.05, 0) is 25.9 Å². The zero-order chi connectivity index (χ0) is 13.0. The van der Waals surface area contributed by atoms with Gasteiger partial charge < -0.3 is 5.32 Å². The van der Waals surface area contributed by atoms with Crippen LogP contribution in [-0.2, 0) is 0 Å². The predicted octanol–water partition coefficient (Wildman–Crippen LogP) is 2.50. The molecular formula is C11H23F3N2. The Kier molecular flexibility index (Phi) is 5.76. The Morgan fingerprint density at radius 3 is 2.06 bits per heavy atom. The van der Waals surface area contributed by atoms with Gasteiger partial charge in [-0.1, -0.05) is 20.8 Å². The molecule has 0 saturated heterocycles. The number of hydrogen-bond acceptors (Lipinski definition) is 2. The second-order valence-corrected chi connectivity index (χ2v) is 5.06. The summed E-state index contributed by atoms with van der Waals surface area (Å²) in [6, 6.07) is 0.188. The van der Waals surface area contributed by atoms with Gasteiger partial charge in [-0.3, -0.25) is 4.90 Å². The molecule has 16 heavy (non-hydrogen) atoms. The summed E-state index contributed by atoms with van der Waals surface area (Å²) in [6.45, 7) is 8.35. The predicted molar refractivity (Wildman–Crippen MR) is 60.5 cm³/mol. The highest BCUT2D eigenvalue weighted by Crippen LogP contribution is 2.23. The highest BCUT2D eigenvalue weighted by molar-refractivity contribution is 4.83. The zero-order valence-electron chi connectivity index (χ0n) is 10.8. The molecular weight excluding hydrogens is 217 g/mol. The molecule has 2 nitrogen and oxygen atoms in total. The normalized spacial score (nSPS) is 15.6. The van der Waals surface area contributed by atoms with E-state index < -0.39 is 12.7 Å². The summed E-state index contributed by atoms with van der Waals surface area (Å²) in [6.07, 6.45) is -4.12. The van der Waals surface area contributed by atoms with Crippen molar-refractivity contribution in [1.29, 1.82) is 0 Å². The highest BCUT2D eigenvalue weighted by Gasteiger charge is 2.33. The maximum Gasteiger partial charge on any atom is 0.401 e. The molecule has 1 unspecified atom stereocenters. The van der Waals surface area contributed by atoms with Crippen molar-refractivity contribution in [1.82, 2.24) is 10.2 Å². The van der Waals surface area contributed by atoms with Crippen LogP contribution in [-0.4, -0.2) is 43.8 Å². The van der Waals surface area contributed by atoms with Crippen molar-refractivity contribution in [3.8, 4) is 0 Å². The van der Waals surface area contributed by atoms with Crippen LogP contribution in [0.5, 0.6) is 0 Å². The third kappa shape index (κ3) is 6.33. The summed E-state index contributed by atoms with van der Waals surface area (Å²) in [5.41, 5.74) is -0.185. The number of rotatable bonds is 6. The van der Waals surface area contributed by atoms with E-state index in [-0.39, 0.29) is 11.5 Å². The van der Waals surface area contributed by atoms with Gasteiger partial charge in [0.15, 0.2) is 0 Å². The van der Waals surface area contributed by atoms with Crippen LogP contribution in [0.15, 0.2) is 0 Å². The van der Waals surface area contributed by atoms with Crippen LogP contribution in [0.1, 0.15) is 27.7 Å². The van der Waals surface area contributed by atoms with E-state index in [2.05, 4.69) is 5.32 Å². The fourth-order valence-corrected chi connectivity index (χ4v) is 1.78. The Balaban J connectivity index is 4.24. The van der Waals surface area contributed by atoms with Gasteiger partial charge in [0, 0.05) is 12.6 Å². The molecule has 0 saturated carbocycles. The Labute approximate surface area is 96.2 Å². The molecule has 5 heteroatoms. The first-order valence-electron chi connectivity index (χ1n) is 5.57. The van der Waals surface area contributed by atoms with E-state index >= 15 is 0 Å². The molecule has 0 aliphatic heterocycles. The molecule has 0 rings (SSSR count). The van der Waals surface area contributed by atoms with E-state index in [0.717, 1.165) is 6.54 Å². The van der Waals surface area contributed by atoms with Crippen LogP contribution < -0.4 is 5.32 Å². The van der Waals surface area contributed by atoms with E-state index in [4.69, 9.17) is 0 Å². The molecule has 0 heterocycles. The zero-order valence-corrected chi connectivity index (χ0v) is 10.8. The second kappa shape index (κ2) is 5.87. The number of nitrogens with one attached hydrogen (secondary N) is 1. The van der Waals surface area contributed by atoms with Crippen LogP contribution in [0, 0.1) is 5.41 Å².